The molecular weight excluding hydrogens is 375 g/mol. The molecule has 0 radical (unpaired) electrons. The molecule has 138 valence electrons. The number of nitrogens with zero attached hydrogens (tertiary/aromatic N) is 1. The molecule has 2 N–H and O–H groups in total. The van der Waals surface area contributed by atoms with Crippen LogP contribution >= 0.6 is 11.6 Å². The van der Waals surface area contributed by atoms with Crippen LogP contribution in [0.5, 0.6) is 0 Å². The zero-order chi connectivity index (χ0) is 19.5. The Morgan fingerprint density at radius 2 is 1.88 bits per heavy atom. The minimum absolute atomic E-state index is 0.158. The summed E-state index contributed by atoms with van der Waals surface area (Å²) in [7, 11) is 0. The summed E-state index contributed by atoms with van der Waals surface area (Å²) >= 11 is 5.79. The number of rotatable bonds is 5. The number of benzene rings is 2. The molecule has 0 saturated heterocycles. The molecule has 2 rings (SSSR count). The van der Waals surface area contributed by atoms with Gasteiger partial charge >= 0.3 is 6.18 Å². The number of carbonyl (C=O) groups is 1. The van der Waals surface area contributed by atoms with E-state index >= 15 is 0 Å². The van der Waals surface area contributed by atoms with Crippen LogP contribution in [0.3, 0.4) is 0 Å². The Labute approximate surface area is 151 Å². The number of hydrogen-bond donors (Lipinski definition) is 2. The minimum atomic E-state index is -4.51. The number of nitro groups is 1. The highest BCUT2D eigenvalue weighted by Gasteiger charge is 2.30. The number of alkyl halides is 3. The van der Waals surface area contributed by atoms with Crippen molar-refractivity contribution in [3.63, 3.8) is 0 Å². The van der Waals surface area contributed by atoms with Crippen LogP contribution < -0.4 is 10.6 Å². The van der Waals surface area contributed by atoms with E-state index in [0.29, 0.717) is 5.56 Å². The number of nitrogens with one attached hydrogen (secondary N) is 2. The van der Waals surface area contributed by atoms with E-state index in [1.54, 1.807) is 6.92 Å². The Bertz CT molecular complexity index is 856. The summed E-state index contributed by atoms with van der Waals surface area (Å²) in [6, 6.07) is 6.75. The number of amides is 1. The van der Waals surface area contributed by atoms with Crippen molar-refractivity contribution >= 4 is 34.6 Å². The van der Waals surface area contributed by atoms with E-state index in [9.17, 15) is 28.1 Å². The van der Waals surface area contributed by atoms with Crippen molar-refractivity contribution < 1.29 is 22.9 Å². The Hall–Kier alpha value is -2.81. The average molecular weight is 388 g/mol. The zero-order valence-corrected chi connectivity index (χ0v) is 14.1. The van der Waals surface area contributed by atoms with E-state index in [0.717, 1.165) is 18.2 Å². The molecule has 2 aromatic rings. The third-order valence-corrected chi connectivity index (χ3v) is 3.75. The fraction of sp³-hybridized carbons (Fsp3) is 0.188. The summed E-state index contributed by atoms with van der Waals surface area (Å²) in [5.41, 5.74) is -0.0269. The van der Waals surface area contributed by atoms with Crippen LogP contribution in [-0.4, -0.2) is 17.4 Å². The maximum Gasteiger partial charge on any atom is 0.416 e. The van der Waals surface area contributed by atoms with Crippen LogP contribution in [0.25, 0.3) is 0 Å². The van der Waals surface area contributed by atoms with Crippen molar-refractivity contribution in [2.75, 3.05) is 17.2 Å². The van der Waals surface area contributed by atoms with Crippen molar-refractivity contribution in [1.82, 2.24) is 0 Å². The fourth-order valence-electron chi connectivity index (χ4n) is 2.06. The molecule has 0 atom stereocenters. The van der Waals surface area contributed by atoms with Gasteiger partial charge in [-0.15, -0.1) is 0 Å². The molecule has 0 aliphatic carbocycles. The highest BCUT2D eigenvalue weighted by Crippen LogP contribution is 2.33. The first kappa shape index (κ1) is 19.5. The number of halogens is 4. The van der Waals surface area contributed by atoms with E-state index in [1.165, 1.54) is 18.2 Å². The van der Waals surface area contributed by atoms with Crippen LogP contribution in [0.4, 0.5) is 30.2 Å². The second-order valence-electron chi connectivity index (χ2n) is 5.35. The van der Waals surface area contributed by atoms with Crippen molar-refractivity contribution in [1.29, 1.82) is 0 Å². The molecule has 2 aromatic carbocycles. The van der Waals surface area contributed by atoms with Gasteiger partial charge in [0, 0.05) is 12.1 Å². The predicted molar refractivity (Wildman–Crippen MR) is 91.4 cm³/mol. The van der Waals surface area contributed by atoms with Gasteiger partial charge in [-0.1, -0.05) is 17.7 Å². The lowest BCUT2D eigenvalue weighted by atomic mass is 10.2. The maximum atomic E-state index is 12.6. The standard InChI is InChI=1S/C16H13ClF3N3O3/c1-9-2-4-11(23(25)26)7-14(9)22-15(24)8-21-13-5-3-10(6-12(13)17)16(18,19)20/h2-7,21H,8H2,1H3,(H,22,24). The lowest BCUT2D eigenvalue weighted by Crippen LogP contribution is -2.22. The first-order valence-corrected chi connectivity index (χ1v) is 7.61. The third-order valence-electron chi connectivity index (χ3n) is 3.44. The third kappa shape index (κ3) is 4.85. The van der Waals surface area contributed by atoms with Crippen molar-refractivity contribution in [2.45, 2.75) is 13.1 Å². The van der Waals surface area contributed by atoms with Gasteiger partial charge in [-0.2, -0.15) is 13.2 Å². The van der Waals surface area contributed by atoms with E-state index < -0.39 is 22.6 Å². The highest BCUT2D eigenvalue weighted by molar-refractivity contribution is 6.33. The summed E-state index contributed by atoms with van der Waals surface area (Å²) in [4.78, 5) is 22.2. The van der Waals surface area contributed by atoms with Crippen LogP contribution in [0.15, 0.2) is 36.4 Å². The zero-order valence-electron chi connectivity index (χ0n) is 13.4. The van der Waals surface area contributed by atoms with E-state index in [2.05, 4.69) is 10.6 Å². The minimum Gasteiger partial charge on any atom is -0.375 e. The molecule has 0 saturated carbocycles. The summed E-state index contributed by atoms with van der Waals surface area (Å²) < 4.78 is 37.8. The van der Waals surface area contributed by atoms with Gasteiger partial charge in [0.05, 0.1) is 33.4 Å². The molecule has 0 aromatic heterocycles. The fourth-order valence-corrected chi connectivity index (χ4v) is 2.31. The summed E-state index contributed by atoms with van der Waals surface area (Å²) in [5, 5.41) is 15.7. The lowest BCUT2D eigenvalue weighted by molar-refractivity contribution is -0.384. The number of non-ortho nitro benzene ring substituents is 1. The Kier molecular flexibility index (Phi) is 5.71. The van der Waals surface area contributed by atoms with Gasteiger partial charge in [-0.25, -0.2) is 0 Å². The quantitative estimate of drug-likeness (QED) is 0.579. The normalized spacial score (nSPS) is 11.1. The molecule has 1 amide bonds. The second kappa shape index (κ2) is 7.61. The van der Waals surface area contributed by atoms with Crippen LogP contribution in [0.2, 0.25) is 5.02 Å². The predicted octanol–water partition coefficient (Wildman–Crippen LogP) is 4.63. The van der Waals surface area contributed by atoms with Gasteiger partial charge in [0.25, 0.3) is 5.69 Å². The summed E-state index contributed by atoms with van der Waals surface area (Å²) in [6.07, 6.45) is -4.51. The van der Waals surface area contributed by atoms with Gasteiger partial charge in [0.2, 0.25) is 5.91 Å². The van der Waals surface area contributed by atoms with Gasteiger partial charge in [-0.05, 0) is 30.7 Å². The van der Waals surface area contributed by atoms with Crippen molar-refractivity contribution in [2.24, 2.45) is 0 Å². The lowest BCUT2D eigenvalue weighted by Gasteiger charge is -2.12. The summed E-state index contributed by atoms with van der Waals surface area (Å²) in [6.45, 7) is 1.38. The highest BCUT2D eigenvalue weighted by atomic mass is 35.5. The Balaban J connectivity index is 2.04. The van der Waals surface area contributed by atoms with E-state index in [-0.39, 0.29) is 28.6 Å². The molecule has 0 unspecified atom stereocenters. The number of carbonyl (C=O) groups excluding carboxylic acids is 1. The van der Waals surface area contributed by atoms with E-state index in [4.69, 9.17) is 11.6 Å². The van der Waals surface area contributed by atoms with E-state index in [1.807, 2.05) is 0 Å². The molecular formula is C16H13ClF3N3O3. The molecule has 10 heteroatoms. The molecule has 0 bridgehead atoms. The number of nitro benzene ring substituents is 1. The Morgan fingerprint density at radius 1 is 1.19 bits per heavy atom. The molecule has 0 aliphatic rings. The second-order valence-corrected chi connectivity index (χ2v) is 5.76. The molecule has 0 fully saturated rings. The number of hydrogen-bond acceptors (Lipinski definition) is 4. The molecule has 6 nitrogen and oxygen atoms in total. The SMILES string of the molecule is Cc1ccc([N+](=O)[O-])cc1NC(=O)CNc1ccc(C(F)(F)F)cc1Cl. The number of aryl methyl sites for hydroxylation is 1. The van der Waals surface area contributed by atoms with Crippen molar-refractivity contribution in [3.05, 3.63) is 62.7 Å². The maximum absolute atomic E-state index is 12.6. The molecule has 0 spiro atoms. The first-order valence-electron chi connectivity index (χ1n) is 7.23. The molecule has 0 aliphatic heterocycles. The average Bonchev–Trinajstić information content (AvgIpc) is 2.54. The largest absolute Gasteiger partial charge is 0.416 e. The first-order chi connectivity index (χ1) is 12.1. The monoisotopic (exact) mass is 387 g/mol. The topological polar surface area (TPSA) is 84.3 Å². The molecule has 0 heterocycles. The van der Waals surface area contributed by atoms with Crippen LogP contribution in [-0.2, 0) is 11.0 Å². The van der Waals surface area contributed by atoms with Crippen LogP contribution in [0, 0.1) is 17.0 Å². The van der Waals surface area contributed by atoms with Gasteiger partial charge < -0.3 is 10.6 Å². The Morgan fingerprint density at radius 3 is 2.46 bits per heavy atom. The van der Waals surface area contributed by atoms with Crippen LogP contribution in [0.1, 0.15) is 11.1 Å². The van der Waals surface area contributed by atoms with Gasteiger partial charge in [0.15, 0.2) is 0 Å². The van der Waals surface area contributed by atoms with Gasteiger partial charge in [0.1, 0.15) is 0 Å². The number of anilines is 2. The smallest absolute Gasteiger partial charge is 0.375 e. The van der Waals surface area contributed by atoms with Gasteiger partial charge in [-0.3, -0.25) is 14.9 Å². The summed E-state index contributed by atoms with van der Waals surface area (Å²) in [5.74, 6) is -0.537. The molecule has 26 heavy (non-hydrogen) atoms. The van der Waals surface area contributed by atoms with Crippen molar-refractivity contribution in [3.8, 4) is 0 Å².